The summed E-state index contributed by atoms with van der Waals surface area (Å²) in [6, 6.07) is 6.48. The lowest BCUT2D eigenvalue weighted by Gasteiger charge is -2.10. The Morgan fingerprint density at radius 1 is 1.19 bits per heavy atom. The van der Waals surface area contributed by atoms with Crippen molar-refractivity contribution in [2.24, 2.45) is 0 Å². The van der Waals surface area contributed by atoms with Gasteiger partial charge >= 0.3 is 12.0 Å². The van der Waals surface area contributed by atoms with Crippen LogP contribution in [0.2, 0.25) is 0 Å². The molecule has 3 rings (SSSR count). The normalized spacial score (nSPS) is 15.4. The average molecular weight is 368 g/mol. The van der Waals surface area contributed by atoms with Crippen LogP contribution in [0.3, 0.4) is 0 Å². The van der Waals surface area contributed by atoms with Crippen molar-refractivity contribution in [3.05, 3.63) is 63.7 Å². The maximum Gasteiger partial charge on any atom is 0.373 e. The molecule has 7 nitrogen and oxygen atoms in total. The molecule has 7 heteroatoms. The Morgan fingerprint density at radius 3 is 2.48 bits per heavy atom. The summed E-state index contributed by atoms with van der Waals surface area (Å²) < 4.78 is 9.91. The van der Waals surface area contributed by atoms with Crippen molar-refractivity contribution in [3.8, 4) is 0 Å². The van der Waals surface area contributed by atoms with Gasteiger partial charge in [0, 0.05) is 0 Å². The van der Waals surface area contributed by atoms with Gasteiger partial charge in [-0.3, -0.25) is 9.69 Å². The van der Waals surface area contributed by atoms with Crippen molar-refractivity contribution < 1.29 is 23.5 Å². The molecule has 0 bridgehead atoms. The minimum absolute atomic E-state index is 0.0150. The smallest absolute Gasteiger partial charge is 0.373 e. The van der Waals surface area contributed by atoms with E-state index in [1.54, 1.807) is 6.08 Å². The predicted molar refractivity (Wildman–Crippen MR) is 97.8 cm³/mol. The Labute approximate surface area is 156 Å². The molecule has 1 aromatic carbocycles. The topological polar surface area (TPSA) is 88.9 Å². The monoisotopic (exact) mass is 368 g/mol. The van der Waals surface area contributed by atoms with E-state index in [4.69, 9.17) is 4.42 Å². The molecule has 1 aromatic heterocycles. The second kappa shape index (κ2) is 7.11. The third-order valence-corrected chi connectivity index (χ3v) is 4.35. The summed E-state index contributed by atoms with van der Waals surface area (Å²) in [6.45, 7) is 5.85. The summed E-state index contributed by atoms with van der Waals surface area (Å²) in [5, 5.41) is 2.60. The van der Waals surface area contributed by atoms with Gasteiger partial charge in [0.15, 0.2) is 0 Å². The SMILES string of the molecule is COC(=O)c1ccc(CN2C(=O)NC(=Cc3c(C)cc(C)cc3C)C2=O)o1. The van der Waals surface area contributed by atoms with Crippen LogP contribution in [0.1, 0.15) is 38.6 Å². The number of methoxy groups -OCH3 is 1. The molecule has 1 aliphatic heterocycles. The van der Waals surface area contributed by atoms with Gasteiger partial charge in [-0.1, -0.05) is 17.7 Å². The lowest BCUT2D eigenvalue weighted by atomic mass is 9.99. The van der Waals surface area contributed by atoms with Gasteiger partial charge in [0.05, 0.1) is 13.7 Å². The number of esters is 1. The van der Waals surface area contributed by atoms with Crippen LogP contribution in [0, 0.1) is 20.8 Å². The number of hydrogen-bond donors (Lipinski definition) is 1. The second-order valence-electron chi connectivity index (χ2n) is 6.45. The van der Waals surface area contributed by atoms with E-state index in [1.165, 1.54) is 19.2 Å². The van der Waals surface area contributed by atoms with Crippen LogP contribution in [0.4, 0.5) is 4.79 Å². The molecule has 1 aliphatic rings. The van der Waals surface area contributed by atoms with E-state index in [-0.39, 0.29) is 18.0 Å². The van der Waals surface area contributed by atoms with E-state index in [2.05, 4.69) is 10.1 Å². The first-order valence-corrected chi connectivity index (χ1v) is 8.39. The molecule has 0 saturated carbocycles. The summed E-state index contributed by atoms with van der Waals surface area (Å²) in [5.74, 6) is -0.746. The first-order chi connectivity index (χ1) is 12.8. The number of nitrogens with zero attached hydrogens (tertiary/aromatic N) is 1. The quantitative estimate of drug-likeness (QED) is 0.509. The number of benzene rings is 1. The first kappa shape index (κ1) is 18.4. The maximum atomic E-state index is 12.7. The number of imide groups is 1. The number of carbonyl (C=O) groups excluding carboxylic acids is 3. The summed E-state index contributed by atoms with van der Waals surface area (Å²) in [5.41, 5.74) is 4.28. The number of carbonyl (C=O) groups is 3. The molecule has 1 fully saturated rings. The number of amides is 3. The molecule has 0 unspecified atom stereocenters. The fourth-order valence-corrected chi connectivity index (χ4v) is 3.11. The highest BCUT2D eigenvalue weighted by Crippen LogP contribution is 2.22. The average Bonchev–Trinajstić information content (AvgIpc) is 3.18. The molecule has 140 valence electrons. The molecule has 3 amide bonds. The van der Waals surface area contributed by atoms with Crippen LogP contribution < -0.4 is 5.32 Å². The highest BCUT2D eigenvalue weighted by Gasteiger charge is 2.34. The van der Waals surface area contributed by atoms with Crippen LogP contribution >= 0.6 is 0 Å². The van der Waals surface area contributed by atoms with E-state index in [1.807, 2.05) is 32.9 Å². The highest BCUT2D eigenvalue weighted by atomic mass is 16.5. The fraction of sp³-hybridized carbons (Fsp3) is 0.250. The minimum Gasteiger partial charge on any atom is -0.463 e. The molecule has 1 N–H and O–H groups in total. The third kappa shape index (κ3) is 3.62. The van der Waals surface area contributed by atoms with Crippen molar-refractivity contribution in [2.45, 2.75) is 27.3 Å². The zero-order valence-electron chi connectivity index (χ0n) is 15.6. The number of aryl methyl sites for hydroxylation is 3. The molecular formula is C20H20N2O5. The minimum atomic E-state index is -0.621. The Bertz CT molecular complexity index is 947. The predicted octanol–water partition coefficient (Wildman–Crippen LogP) is 3.08. The Morgan fingerprint density at radius 2 is 1.85 bits per heavy atom. The van der Waals surface area contributed by atoms with E-state index in [0.717, 1.165) is 27.2 Å². The third-order valence-electron chi connectivity index (χ3n) is 4.35. The summed E-state index contributed by atoms with van der Waals surface area (Å²) in [4.78, 5) is 37.4. The number of rotatable bonds is 4. The first-order valence-electron chi connectivity index (χ1n) is 8.39. The van der Waals surface area contributed by atoms with Gasteiger partial charge in [0.25, 0.3) is 5.91 Å². The molecule has 27 heavy (non-hydrogen) atoms. The second-order valence-corrected chi connectivity index (χ2v) is 6.45. The van der Waals surface area contributed by atoms with Gasteiger partial charge in [-0.25, -0.2) is 9.59 Å². The van der Waals surface area contributed by atoms with Crippen LogP contribution in [-0.4, -0.2) is 29.9 Å². The summed E-state index contributed by atoms with van der Waals surface area (Å²) in [7, 11) is 1.24. The van der Waals surface area contributed by atoms with Crippen LogP contribution in [-0.2, 0) is 16.1 Å². The maximum absolute atomic E-state index is 12.7. The van der Waals surface area contributed by atoms with Gasteiger partial charge in [-0.15, -0.1) is 0 Å². The molecule has 0 radical (unpaired) electrons. The van der Waals surface area contributed by atoms with Crippen molar-refractivity contribution in [2.75, 3.05) is 7.11 Å². The zero-order valence-corrected chi connectivity index (χ0v) is 15.6. The van der Waals surface area contributed by atoms with Crippen molar-refractivity contribution in [3.63, 3.8) is 0 Å². The zero-order chi connectivity index (χ0) is 19.7. The van der Waals surface area contributed by atoms with E-state index < -0.39 is 17.9 Å². The molecule has 2 heterocycles. The molecule has 0 aliphatic carbocycles. The van der Waals surface area contributed by atoms with Gasteiger partial charge in [-0.2, -0.15) is 0 Å². The summed E-state index contributed by atoms with van der Waals surface area (Å²) >= 11 is 0. The summed E-state index contributed by atoms with van der Waals surface area (Å²) in [6.07, 6.45) is 1.69. The number of hydrogen-bond acceptors (Lipinski definition) is 5. The fourth-order valence-electron chi connectivity index (χ4n) is 3.11. The number of urea groups is 1. The number of nitrogens with one attached hydrogen (secondary N) is 1. The number of furan rings is 1. The van der Waals surface area contributed by atoms with E-state index in [0.29, 0.717) is 5.76 Å². The van der Waals surface area contributed by atoms with E-state index in [9.17, 15) is 14.4 Å². The molecule has 0 spiro atoms. The largest absolute Gasteiger partial charge is 0.463 e. The number of ether oxygens (including phenoxy) is 1. The Hall–Kier alpha value is -3.35. The van der Waals surface area contributed by atoms with Crippen molar-refractivity contribution in [1.82, 2.24) is 10.2 Å². The molecule has 2 aromatic rings. The van der Waals surface area contributed by atoms with Crippen molar-refractivity contribution >= 4 is 24.0 Å². The lowest BCUT2D eigenvalue weighted by Crippen LogP contribution is -2.30. The lowest BCUT2D eigenvalue weighted by molar-refractivity contribution is -0.123. The highest BCUT2D eigenvalue weighted by molar-refractivity contribution is 6.14. The van der Waals surface area contributed by atoms with Gasteiger partial charge in [-0.05, 0) is 55.7 Å². The van der Waals surface area contributed by atoms with Gasteiger partial charge in [0.2, 0.25) is 5.76 Å². The Kier molecular flexibility index (Phi) is 4.85. The molecule has 0 atom stereocenters. The van der Waals surface area contributed by atoms with Crippen LogP contribution in [0.5, 0.6) is 0 Å². The molecule has 1 saturated heterocycles. The van der Waals surface area contributed by atoms with Crippen LogP contribution in [0.25, 0.3) is 6.08 Å². The Balaban J connectivity index is 1.83. The van der Waals surface area contributed by atoms with Gasteiger partial charge in [0.1, 0.15) is 11.5 Å². The van der Waals surface area contributed by atoms with Crippen molar-refractivity contribution in [1.29, 1.82) is 0 Å². The van der Waals surface area contributed by atoms with Gasteiger partial charge < -0.3 is 14.5 Å². The molecular weight excluding hydrogens is 348 g/mol. The van der Waals surface area contributed by atoms with Crippen LogP contribution in [0.15, 0.2) is 34.4 Å². The standard InChI is InChI=1S/C20H20N2O5/c1-11-7-12(2)15(13(3)8-11)9-16-18(23)22(20(25)21-16)10-14-5-6-17(27-14)19(24)26-4/h5-9H,10H2,1-4H3,(H,21,25). The van der Waals surface area contributed by atoms with E-state index >= 15 is 0 Å².